The number of hydrogen-bond acceptors (Lipinski definition) is 6. The number of nitrogens with zero attached hydrogens (tertiary/aromatic N) is 4. The third-order valence-corrected chi connectivity index (χ3v) is 4.73. The molecule has 0 radical (unpaired) electrons. The molecule has 35 heavy (non-hydrogen) atoms. The zero-order chi connectivity index (χ0) is 26.2. The fourth-order valence-electron chi connectivity index (χ4n) is 3.02. The van der Waals surface area contributed by atoms with E-state index in [9.17, 15) is 26.3 Å². The Morgan fingerprint density at radius 2 is 1.63 bits per heavy atom. The maximum Gasteiger partial charge on any atom is 0.490 e. The molecule has 2 aliphatic rings. The molecule has 0 spiro atoms. The number of alkyl halides is 6. The van der Waals surface area contributed by atoms with Crippen LogP contribution in [0.4, 0.5) is 26.3 Å². The number of hydrogen-bond donors (Lipinski definition) is 2. The minimum atomic E-state index is -5.08. The van der Waals surface area contributed by atoms with Crippen LogP contribution in [0.1, 0.15) is 24.6 Å². The minimum Gasteiger partial charge on any atom is -0.490 e. The molecule has 2 aromatic heterocycles. The van der Waals surface area contributed by atoms with E-state index in [0.717, 1.165) is 24.8 Å². The SMILES string of the molecule is O=C(O)C(F)(F)F.O=C(O)C(F)(F)F.c1cncc(OCC2CN(CC3CC3)Cc3ccnn32)c1. The van der Waals surface area contributed by atoms with Crippen LogP contribution in [0.2, 0.25) is 0 Å². The van der Waals surface area contributed by atoms with Gasteiger partial charge in [0.25, 0.3) is 0 Å². The van der Waals surface area contributed by atoms with Crippen molar-refractivity contribution in [3.8, 4) is 5.75 Å². The molecule has 1 saturated carbocycles. The standard InChI is InChI=1S/C16H20N4O.2C2HF3O2/c1-2-16(8-17-6-1)21-12-15-11-19(9-13-3-4-13)10-14-5-7-18-20(14)15;2*3-2(4,5)1(6)7/h1-2,5-8,13,15H,3-4,9-12H2;2*(H,6,7). The highest BCUT2D eigenvalue weighted by molar-refractivity contribution is 5.73. The largest absolute Gasteiger partial charge is 0.490 e. The number of carboxylic acids is 2. The maximum atomic E-state index is 10.6. The maximum absolute atomic E-state index is 10.6. The van der Waals surface area contributed by atoms with Gasteiger partial charge < -0.3 is 14.9 Å². The Bertz CT molecular complexity index is 939. The van der Waals surface area contributed by atoms with Crippen LogP contribution in [0, 0.1) is 5.92 Å². The first-order chi connectivity index (χ1) is 16.3. The third-order valence-electron chi connectivity index (χ3n) is 4.73. The predicted molar refractivity (Wildman–Crippen MR) is 106 cm³/mol. The van der Waals surface area contributed by atoms with Crippen LogP contribution in [0.15, 0.2) is 36.8 Å². The average molecular weight is 512 g/mol. The minimum absolute atomic E-state index is 0.280. The number of aromatic nitrogens is 3. The Morgan fingerprint density at radius 1 is 1.03 bits per heavy atom. The molecular weight excluding hydrogens is 490 g/mol. The quantitative estimate of drug-likeness (QED) is 0.586. The van der Waals surface area contributed by atoms with Crippen LogP contribution in [0.5, 0.6) is 5.75 Å². The van der Waals surface area contributed by atoms with E-state index in [1.54, 1.807) is 12.4 Å². The van der Waals surface area contributed by atoms with Gasteiger partial charge in [-0.3, -0.25) is 14.6 Å². The van der Waals surface area contributed by atoms with E-state index in [-0.39, 0.29) is 6.04 Å². The van der Waals surface area contributed by atoms with Gasteiger partial charge in [-0.1, -0.05) is 0 Å². The smallest absolute Gasteiger partial charge is 0.490 e. The molecule has 2 aromatic rings. The summed E-state index contributed by atoms with van der Waals surface area (Å²) in [5.41, 5.74) is 1.29. The second kappa shape index (κ2) is 11.9. The van der Waals surface area contributed by atoms with Gasteiger partial charge >= 0.3 is 24.3 Å². The fraction of sp³-hybridized carbons (Fsp3) is 0.500. The molecule has 15 heteroatoms. The lowest BCUT2D eigenvalue weighted by atomic mass is 10.2. The highest BCUT2D eigenvalue weighted by Crippen LogP contribution is 2.32. The van der Waals surface area contributed by atoms with Crippen molar-refractivity contribution in [3.63, 3.8) is 0 Å². The zero-order valence-corrected chi connectivity index (χ0v) is 18.0. The summed E-state index contributed by atoms with van der Waals surface area (Å²) in [6.07, 6.45) is -1.96. The Labute approximate surface area is 194 Å². The highest BCUT2D eigenvalue weighted by atomic mass is 19.4. The molecule has 0 saturated heterocycles. The summed E-state index contributed by atoms with van der Waals surface area (Å²) in [6, 6.07) is 6.25. The molecule has 1 atom stereocenters. The summed E-state index contributed by atoms with van der Waals surface area (Å²) in [4.78, 5) is 24.4. The summed E-state index contributed by atoms with van der Waals surface area (Å²) < 4.78 is 71.5. The van der Waals surface area contributed by atoms with Gasteiger partial charge in [0.1, 0.15) is 12.4 Å². The lowest BCUT2D eigenvalue weighted by Gasteiger charge is -2.33. The number of rotatable bonds is 5. The van der Waals surface area contributed by atoms with E-state index in [2.05, 4.69) is 25.7 Å². The molecule has 1 unspecified atom stereocenters. The number of ether oxygens (including phenoxy) is 1. The summed E-state index contributed by atoms with van der Waals surface area (Å²) >= 11 is 0. The van der Waals surface area contributed by atoms with E-state index in [1.807, 2.05) is 18.3 Å². The van der Waals surface area contributed by atoms with Crippen LogP contribution < -0.4 is 4.74 Å². The van der Waals surface area contributed by atoms with Gasteiger partial charge in [-0.25, -0.2) is 9.59 Å². The van der Waals surface area contributed by atoms with Crippen LogP contribution in [0.3, 0.4) is 0 Å². The van der Waals surface area contributed by atoms with Gasteiger partial charge in [-0.15, -0.1) is 0 Å². The van der Waals surface area contributed by atoms with Gasteiger partial charge in [0, 0.05) is 32.0 Å². The molecule has 9 nitrogen and oxygen atoms in total. The van der Waals surface area contributed by atoms with Crippen molar-refractivity contribution in [3.05, 3.63) is 42.5 Å². The van der Waals surface area contributed by atoms with E-state index >= 15 is 0 Å². The van der Waals surface area contributed by atoms with Crippen molar-refractivity contribution >= 4 is 11.9 Å². The Hall–Kier alpha value is -3.36. The lowest BCUT2D eigenvalue weighted by molar-refractivity contribution is -0.193. The molecule has 0 bridgehead atoms. The topological polar surface area (TPSA) is 118 Å². The second-order valence-corrected chi connectivity index (χ2v) is 7.66. The van der Waals surface area contributed by atoms with Crippen LogP contribution in [0.25, 0.3) is 0 Å². The lowest BCUT2D eigenvalue weighted by Crippen LogP contribution is -2.40. The van der Waals surface area contributed by atoms with Crippen LogP contribution in [-0.4, -0.2) is 73.9 Å². The molecule has 0 aromatic carbocycles. The number of carbonyl (C=O) groups is 2. The molecule has 1 aliphatic carbocycles. The molecule has 1 fully saturated rings. The van der Waals surface area contributed by atoms with Crippen molar-refractivity contribution in [1.82, 2.24) is 19.7 Å². The van der Waals surface area contributed by atoms with Crippen molar-refractivity contribution in [2.45, 2.75) is 37.8 Å². The van der Waals surface area contributed by atoms with E-state index in [0.29, 0.717) is 6.61 Å². The van der Waals surface area contributed by atoms with Crippen molar-refractivity contribution < 1.29 is 50.9 Å². The number of pyridine rings is 1. The summed E-state index contributed by atoms with van der Waals surface area (Å²) in [5, 5.41) is 18.7. The van der Waals surface area contributed by atoms with E-state index < -0.39 is 24.3 Å². The monoisotopic (exact) mass is 512 g/mol. The Kier molecular flexibility index (Phi) is 9.45. The molecule has 1 aliphatic heterocycles. The van der Waals surface area contributed by atoms with Gasteiger partial charge in [-0.2, -0.15) is 31.4 Å². The Balaban J connectivity index is 0.000000257. The average Bonchev–Trinajstić information content (AvgIpc) is 3.45. The first-order valence-corrected chi connectivity index (χ1v) is 10.1. The highest BCUT2D eigenvalue weighted by Gasteiger charge is 2.39. The van der Waals surface area contributed by atoms with E-state index in [4.69, 9.17) is 24.5 Å². The molecule has 4 rings (SSSR count). The van der Waals surface area contributed by atoms with Crippen molar-refractivity contribution in [2.24, 2.45) is 5.92 Å². The summed E-state index contributed by atoms with van der Waals surface area (Å²) in [7, 11) is 0. The van der Waals surface area contributed by atoms with Gasteiger partial charge in [0.15, 0.2) is 0 Å². The zero-order valence-electron chi connectivity index (χ0n) is 18.0. The summed E-state index contributed by atoms with van der Waals surface area (Å²) in [5.74, 6) is -3.77. The fourth-order valence-corrected chi connectivity index (χ4v) is 3.02. The van der Waals surface area contributed by atoms with Gasteiger partial charge in [0.05, 0.1) is 17.9 Å². The van der Waals surface area contributed by atoms with Crippen molar-refractivity contribution in [2.75, 3.05) is 19.7 Å². The molecule has 194 valence electrons. The summed E-state index contributed by atoms with van der Waals surface area (Å²) in [6.45, 7) is 3.89. The van der Waals surface area contributed by atoms with Crippen LogP contribution >= 0.6 is 0 Å². The normalized spacial score (nSPS) is 17.7. The number of halogens is 6. The molecule has 2 N–H and O–H groups in total. The Morgan fingerprint density at radius 3 is 2.11 bits per heavy atom. The van der Waals surface area contributed by atoms with Gasteiger partial charge in [0.2, 0.25) is 0 Å². The third kappa shape index (κ3) is 9.80. The molecule has 0 amide bonds. The second-order valence-electron chi connectivity index (χ2n) is 7.66. The van der Waals surface area contributed by atoms with Crippen LogP contribution in [-0.2, 0) is 16.1 Å². The van der Waals surface area contributed by atoms with Crippen molar-refractivity contribution in [1.29, 1.82) is 0 Å². The number of fused-ring (bicyclic) bond motifs is 1. The van der Waals surface area contributed by atoms with E-state index in [1.165, 1.54) is 25.1 Å². The van der Waals surface area contributed by atoms with Gasteiger partial charge in [-0.05, 0) is 37.0 Å². The predicted octanol–water partition coefficient (Wildman–Crippen LogP) is 3.39. The number of aliphatic carboxylic acids is 2. The molecule has 3 heterocycles. The first kappa shape index (κ1) is 27.9. The molecular formula is C20H22F6N4O5. The first-order valence-electron chi connectivity index (χ1n) is 10.1. The number of carboxylic acid groups (broad SMARTS) is 2.